The molecule has 2 amide bonds. The zero-order valence-electron chi connectivity index (χ0n) is 15.9. The topological polar surface area (TPSA) is 84.7 Å². The Bertz CT molecular complexity index is 893. The number of ether oxygens (including phenoxy) is 1. The summed E-state index contributed by atoms with van der Waals surface area (Å²) >= 11 is 5.91. The molecule has 3 rings (SSSR count). The first-order valence-electron chi connectivity index (χ1n) is 9.43. The second kappa shape index (κ2) is 9.71. The molecule has 3 N–H and O–H groups in total. The highest BCUT2D eigenvalue weighted by Crippen LogP contribution is 2.26. The van der Waals surface area contributed by atoms with Gasteiger partial charge in [-0.25, -0.2) is 4.39 Å². The number of nitrogens with one attached hydrogen (secondary N) is 1. The third-order valence-corrected chi connectivity index (χ3v) is 5.13. The number of nitrogens with two attached hydrogens (primary N) is 1. The quantitative estimate of drug-likeness (QED) is 0.687. The lowest BCUT2D eigenvalue weighted by molar-refractivity contribution is -0.122. The number of nitrogens with zero attached hydrogens (tertiary/aromatic N) is 1. The van der Waals surface area contributed by atoms with E-state index in [1.54, 1.807) is 0 Å². The van der Waals surface area contributed by atoms with E-state index in [0.29, 0.717) is 18.0 Å². The van der Waals surface area contributed by atoms with E-state index in [1.165, 1.54) is 12.1 Å². The maximum absolute atomic E-state index is 13.1. The molecule has 154 valence electrons. The van der Waals surface area contributed by atoms with Gasteiger partial charge in [-0.2, -0.15) is 0 Å². The molecular formula is C21H23ClFN3O3. The Hall–Kier alpha value is -2.64. The summed E-state index contributed by atoms with van der Waals surface area (Å²) in [7, 11) is 0. The van der Waals surface area contributed by atoms with Crippen LogP contribution in [0.1, 0.15) is 24.8 Å². The van der Waals surface area contributed by atoms with E-state index in [2.05, 4.69) is 5.32 Å². The van der Waals surface area contributed by atoms with Gasteiger partial charge in [-0.15, -0.1) is 0 Å². The molecule has 1 unspecified atom stereocenters. The molecule has 0 spiro atoms. The Morgan fingerprint density at radius 1 is 1.28 bits per heavy atom. The molecule has 0 saturated carbocycles. The summed E-state index contributed by atoms with van der Waals surface area (Å²) in [6.45, 7) is 1.43. The summed E-state index contributed by atoms with van der Waals surface area (Å²) in [5.74, 6) is -0.662. The van der Waals surface area contributed by atoms with Gasteiger partial charge in [0.15, 0.2) is 0 Å². The van der Waals surface area contributed by atoms with E-state index >= 15 is 0 Å². The number of likely N-dealkylation sites (tertiary alicyclic amines) is 1. The van der Waals surface area contributed by atoms with Crippen molar-refractivity contribution >= 4 is 29.1 Å². The standard InChI is InChI=1S/C21H23ClFN3O3/c22-16-12-15(23)7-8-19(16)29-11-9-20(27)25-17-5-2-1-4-14(17)13-26-10-3-6-18(26)21(24)28/h1-2,4-5,7-8,12,18H,3,6,9-11,13H2,(H2,24,28)(H,25,27). The molecule has 0 aromatic heterocycles. The molecule has 1 heterocycles. The third kappa shape index (κ3) is 5.68. The molecule has 1 fully saturated rings. The van der Waals surface area contributed by atoms with Crippen molar-refractivity contribution in [2.75, 3.05) is 18.5 Å². The Morgan fingerprint density at radius 3 is 2.83 bits per heavy atom. The Morgan fingerprint density at radius 2 is 2.07 bits per heavy atom. The monoisotopic (exact) mass is 419 g/mol. The van der Waals surface area contributed by atoms with Crippen LogP contribution in [0.3, 0.4) is 0 Å². The minimum absolute atomic E-state index is 0.106. The number of hydrogen-bond acceptors (Lipinski definition) is 4. The molecular weight excluding hydrogens is 397 g/mol. The largest absolute Gasteiger partial charge is 0.491 e. The van der Waals surface area contributed by atoms with Gasteiger partial charge in [-0.1, -0.05) is 29.8 Å². The van der Waals surface area contributed by atoms with Crippen molar-refractivity contribution < 1.29 is 18.7 Å². The van der Waals surface area contributed by atoms with E-state index in [1.807, 2.05) is 29.2 Å². The van der Waals surface area contributed by atoms with Crippen molar-refractivity contribution in [1.82, 2.24) is 4.90 Å². The number of carbonyl (C=O) groups is 2. The van der Waals surface area contributed by atoms with Crippen LogP contribution in [-0.4, -0.2) is 35.9 Å². The van der Waals surface area contributed by atoms with Crippen LogP contribution >= 0.6 is 11.6 Å². The summed E-state index contributed by atoms with van der Waals surface area (Å²) < 4.78 is 18.5. The van der Waals surface area contributed by atoms with Gasteiger partial charge in [0, 0.05) is 12.2 Å². The normalized spacial score (nSPS) is 16.6. The number of hydrogen-bond donors (Lipinski definition) is 2. The van der Waals surface area contributed by atoms with Crippen molar-refractivity contribution in [3.63, 3.8) is 0 Å². The summed E-state index contributed by atoms with van der Waals surface area (Å²) in [4.78, 5) is 26.0. The molecule has 29 heavy (non-hydrogen) atoms. The van der Waals surface area contributed by atoms with Crippen molar-refractivity contribution in [3.8, 4) is 5.75 Å². The maximum atomic E-state index is 13.1. The van der Waals surface area contributed by atoms with Crippen LogP contribution in [0, 0.1) is 5.82 Å². The van der Waals surface area contributed by atoms with Gasteiger partial charge in [-0.3, -0.25) is 14.5 Å². The van der Waals surface area contributed by atoms with Crippen molar-refractivity contribution in [2.45, 2.75) is 31.8 Å². The molecule has 0 bridgehead atoms. The van der Waals surface area contributed by atoms with Gasteiger partial charge >= 0.3 is 0 Å². The minimum Gasteiger partial charge on any atom is -0.491 e. The van der Waals surface area contributed by atoms with Gasteiger partial charge in [0.1, 0.15) is 11.6 Å². The van der Waals surface area contributed by atoms with Crippen LogP contribution in [-0.2, 0) is 16.1 Å². The first-order chi connectivity index (χ1) is 13.9. The summed E-state index contributed by atoms with van der Waals surface area (Å²) in [6, 6.07) is 11.0. The van der Waals surface area contributed by atoms with Crippen LogP contribution in [0.4, 0.5) is 10.1 Å². The lowest BCUT2D eigenvalue weighted by atomic mass is 10.1. The molecule has 1 aliphatic heterocycles. The fourth-order valence-corrected chi connectivity index (χ4v) is 3.62. The number of primary amides is 1. The number of anilines is 1. The fraction of sp³-hybridized carbons (Fsp3) is 0.333. The molecule has 1 atom stereocenters. The highest BCUT2D eigenvalue weighted by atomic mass is 35.5. The third-order valence-electron chi connectivity index (χ3n) is 4.84. The van der Waals surface area contributed by atoms with E-state index in [4.69, 9.17) is 22.1 Å². The zero-order chi connectivity index (χ0) is 20.8. The van der Waals surface area contributed by atoms with E-state index in [-0.39, 0.29) is 35.9 Å². The first-order valence-corrected chi connectivity index (χ1v) is 9.81. The molecule has 1 aliphatic rings. The van der Waals surface area contributed by atoms with E-state index < -0.39 is 5.82 Å². The zero-order valence-corrected chi connectivity index (χ0v) is 16.6. The number of benzene rings is 2. The smallest absolute Gasteiger partial charge is 0.234 e. The second-order valence-corrected chi connectivity index (χ2v) is 7.32. The van der Waals surface area contributed by atoms with Crippen LogP contribution in [0.15, 0.2) is 42.5 Å². The lowest BCUT2D eigenvalue weighted by Gasteiger charge is -2.23. The van der Waals surface area contributed by atoms with Gasteiger partial charge in [0.05, 0.1) is 24.1 Å². The second-order valence-electron chi connectivity index (χ2n) is 6.91. The van der Waals surface area contributed by atoms with Crippen molar-refractivity contribution in [1.29, 1.82) is 0 Å². The van der Waals surface area contributed by atoms with Crippen LogP contribution in [0.2, 0.25) is 5.02 Å². The summed E-state index contributed by atoms with van der Waals surface area (Å²) in [5.41, 5.74) is 7.09. The number of halogens is 2. The van der Waals surface area contributed by atoms with Gasteiger partial charge in [-0.05, 0) is 49.2 Å². The average molecular weight is 420 g/mol. The lowest BCUT2D eigenvalue weighted by Crippen LogP contribution is -2.39. The summed E-state index contributed by atoms with van der Waals surface area (Å²) in [6.07, 6.45) is 1.79. The summed E-state index contributed by atoms with van der Waals surface area (Å²) in [5, 5.41) is 3.04. The molecule has 0 radical (unpaired) electrons. The Kier molecular flexibility index (Phi) is 7.06. The molecule has 8 heteroatoms. The number of para-hydroxylation sites is 1. The van der Waals surface area contributed by atoms with Crippen LogP contribution in [0.25, 0.3) is 0 Å². The number of carbonyl (C=O) groups excluding carboxylic acids is 2. The van der Waals surface area contributed by atoms with E-state index in [0.717, 1.165) is 31.0 Å². The number of rotatable bonds is 8. The first kappa shape index (κ1) is 21.1. The number of amides is 2. The van der Waals surface area contributed by atoms with Crippen LogP contribution < -0.4 is 15.8 Å². The maximum Gasteiger partial charge on any atom is 0.234 e. The molecule has 2 aromatic carbocycles. The highest BCUT2D eigenvalue weighted by molar-refractivity contribution is 6.32. The Balaban J connectivity index is 1.56. The minimum atomic E-state index is -0.451. The van der Waals surface area contributed by atoms with Gasteiger partial charge in [0.2, 0.25) is 11.8 Å². The van der Waals surface area contributed by atoms with Crippen molar-refractivity contribution in [2.24, 2.45) is 5.73 Å². The Labute approximate surface area is 173 Å². The van der Waals surface area contributed by atoms with Crippen LogP contribution in [0.5, 0.6) is 5.75 Å². The van der Waals surface area contributed by atoms with Gasteiger partial charge < -0.3 is 15.8 Å². The SMILES string of the molecule is NC(=O)C1CCCN1Cc1ccccc1NC(=O)CCOc1ccc(F)cc1Cl. The van der Waals surface area contributed by atoms with Crippen molar-refractivity contribution in [3.05, 3.63) is 58.9 Å². The molecule has 6 nitrogen and oxygen atoms in total. The predicted molar refractivity (Wildman–Crippen MR) is 109 cm³/mol. The fourth-order valence-electron chi connectivity index (χ4n) is 3.40. The molecule has 1 saturated heterocycles. The highest BCUT2D eigenvalue weighted by Gasteiger charge is 2.29. The molecule has 0 aliphatic carbocycles. The predicted octanol–water partition coefficient (Wildman–Crippen LogP) is 3.34. The molecule has 2 aromatic rings. The average Bonchev–Trinajstić information content (AvgIpc) is 3.14. The van der Waals surface area contributed by atoms with E-state index in [9.17, 15) is 14.0 Å². The van der Waals surface area contributed by atoms with Gasteiger partial charge in [0.25, 0.3) is 0 Å².